The largest absolute Gasteiger partial charge is 0.480 e. The first kappa shape index (κ1) is 11.3. The topological polar surface area (TPSA) is 53.4 Å². The third-order valence-electron chi connectivity index (χ3n) is 3.42. The second kappa shape index (κ2) is 4.12. The van der Waals surface area contributed by atoms with Gasteiger partial charge in [-0.1, -0.05) is 6.07 Å². The summed E-state index contributed by atoms with van der Waals surface area (Å²) in [6.07, 6.45) is 3.03. The summed E-state index contributed by atoms with van der Waals surface area (Å²) in [5.74, 6) is 0.817. The Balaban J connectivity index is 1.94. The predicted molar refractivity (Wildman–Crippen MR) is 72.2 cm³/mol. The van der Waals surface area contributed by atoms with Gasteiger partial charge in [-0.2, -0.15) is 0 Å². The minimum Gasteiger partial charge on any atom is -0.480 e. The lowest BCUT2D eigenvalue weighted by Gasteiger charge is -2.23. The summed E-state index contributed by atoms with van der Waals surface area (Å²) >= 11 is 2.17. The number of carboxylic acids is 1. The second-order valence-corrected chi connectivity index (χ2v) is 5.88. The molecular weight excluding hydrogens is 331 g/mol. The van der Waals surface area contributed by atoms with Crippen LogP contribution in [-0.4, -0.2) is 28.6 Å². The summed E-state index contributed by atoms with van der Waals surface area (Å²) < 4.78 is 0.924. The molecule has 3 rings (SSSR count). The van der Waals surface area contributed by atoms with Gasteiger partial charge in [0.15, 0.2) is 0 Å². The van der Waals surface area contributed by atoms with Crippen molar-refractivity contribution >= 4 is 34.4 Å². The van der Waals surface area contributed by atoms with Gasteiger partial charge >= 0.3 is 5.97 Å². The van der Waals surface area contributed by atoms with E-state index >= 15 is 0 Å². The molecule has 1 atom stereocenters. The number of aromatic nitrogens is 1. The summed E-state index contributed by atoms with van der Waals surface area (Å²) in [7, 11) is 0. The number of nitrogens with zero attached hydrogens (tertiary/aromatic N) is 2. The van der Waals surface area contributed by atoms with Gasteiger partial charge in [0.25, 0.3) is 0 Å². The van der Waals surface area contributed by atoms with Crippen molar-refractivity contribution in [2.24, 2.45) is 5.92 Å². The zero-order valence-electron chi connectivity index (χ0n) is 9.27. The zero-order valence-corrected chi connectivity index (χ0v) is 11.4. The van der Waals surface area contributed by atoms with Crippen molar-refractivity contribution in [2.75, 3.05) is 11.4 Å². The molecule has 2 aliphatic rings. The van der Waals surface area contributed by atoms with Crippen LogP contribution in [0.2, 0.25) is 0 Å². The Kier molecular flexibility index (Phi) is 2.72. The van der Waals surface area contributed by atoms with Crippen molar-refractivity contribution < 1.29 is 9.90 Å². The number of fused-ring (bicyclic) bond motifs is 1. The summed E-state index contributed by atoms with van der Waals surface area (Å²) in [5, 5.41) is 9.29. The molecule has 1 aliphatic heterocycles. The lowest BCUT2D eigenvalue weighted by molar-refractivity contribution is -0.138. The number of aliphatic carboxylic acids is 1. The lowest BCUT2D eigenvalue weighted by atomic mass is 10.1. The highest BCUT2D eigenvalue weighted by Gasteiger charge is 2.38. The van der Waals surface area contributed by atoms with Gasteiger partial charge in [-0.15, -0.1) is 0 Å². The van der Waals surface area contributed by atoms with E-state index in [1.165, 1.54) is 12.8 Å². The average molecular weight is 344 g/mol. The molecule has 90 valence electrons. The molecule has 0 spiro atoms. The Morgan fingerprint density at radius 1 is 1.53 bits per heavy atom. The molecule has 5 heteroatoms. The van der Waals surface area contributed by atoms with Crippen molar-refractivity contribution in [3.05, 3.63) is 21.4 Å². The van der Waals surface area contributed by atoms with Crippen molar-refractivity contribution in [2.45, 2.75) is 25.3 Å². The Bertz CT molecular complexity index is 474. The first-order chi connectivity index (χ1) is 8.15. The van der Waals surface area contributed by atoms with E-state index in [-0.39, 0.29) is 0 Å². The molecule has 0 amide bonds. The summed E-state index contributed by atoms with van der Waals surface area (Å²) in [6, 6.07) is 3.53. The molecule has 0 saturated heterocycles. The zero-order chi connectivity index (χ0) is 12.0. The molecule has 2 heterocycles. The molecule has 1 saturated carbocycles. The summed E-state index contributed by atoms with van der Waals surface area (Å²) in [6.45, 7) is 0.844. The molecule has 1 aromatic heterocycles. The Morgan fingerprint density at radius 2 is 2.29 bits per heavy atom. The molecule has 0 radical (unpaired) electrons. The molecular formula is C12H13IN2O2. The van der Waals surface area contributed by atoms with Gasteiger partial charge in [0.1, 0.15) is 15.6 Å². The maximum Gasteiger partial charge on any atom is 0.326 e. The molecule has 1 unspecified atom stereocenters. The summed E-state index contributed by atoms with van der Waals surface area (Å²) in [5.41, 5.74) is 1.07. The number of anilines is 1. The maximum absolute atomic E-state index is 11.3. The van der Waals surface area contributed by atoms with Gasteiger partial charge in [0, 0.05) is 13.0 Å². The van der Waals surface area contributed by atoms with E-state index < -0.39 is 12.0 Å². The molecule has 0 bridgehead atoms. The number of halogens is 1. The third kappa shape index (κ3) is 2.12. The van der Waals surface area contributed by atoms with Crippen LogP contribution in [0.4, 0.5) is 5.82 Å². The van der Waals surface area contributed by atoms with E-state index in [1.54, 1.807) is 0 Å². The minimum absolute atomic E-state index is 0.420. The average Bonchev–Trinajstić information content (AvgIpc) is 3.01. The second-order valence-electron chi connectivity index (χ2n) is 4.77. The number of carboxylic acid groups (broad SMARTS) is 1. The van der Waals surface area contributed by atoms with E-state index in [4.69, 9.17) is 0 Å². The molecule has 17 heavy (non-hydrogen) atoms. The van der Waals surface area contributed by atoms with Crippen LogP contribution in [0.25, 0.3) is 0 Å². The smallest absolute Gasteiger partial charge is 0.326 e. The summed E-state index contributed by atoms with van der Waals surface area (Å²) in [4.78, 5) is 17.8. The molecule has 1 fully saturated rings. The van der Waals surface area contributed by atoms with E-state index in [0.29, 0.717) is 12.3 Å². The molecule has 1 aliphatic carbocycles. The van der Waals surface area contributed by atoms with Crippen LogP contribution in [0, 0.1) is 9.62 Å². The van der Waals surface area contributed by atoms with Crippen molar-refractivity contribution in [1.82, 2.24) is 4.98 Å². The Morgan fingerprint density at radius 3 is 2.94 bits per heavy atom. The van der Waals surface area contributed by atoms with Gasteiger partial charge in [-0.3, -0.25) is 0 Å². The van der Waals surface area contributed by atoms with E-state index in [2.05, 4.69) is 27.6 Å². The SMILES string of the molecule is O=C(O)C1Cc2ccc(I)nc2N1CC1CC1. The highest BCUT2D eigenvalue weighted by Crippen LogP contribution is 2.37. The normalized spacial score (nSPS) is 22.6. The van der Waals surface area contributed by atoms with Crippen molar-refractivity contribution in [3.8, 4) is 0 Å². The standard InChI is InChI=1S/C12H13IN2O2/c13-10-4-3-8-5-9(12(16)17)15(11(8)14-10)6-7-1-2-7/h3-4,7,9H,1-2,5-6H2,(H,16,17). The number of hydrogen-bond acceptors (Lipinski definition) is 3. The van der Waals surface area contributed by atoms with Crippen LogP contribution < -0.4 is 4.90 Å². The van der Waals surface area contributed by atoms with Gasteiger partial charge in [-0.25, -0.2) is 9.78 Å². The van der Waals surface area contributed by atoms with Crippen LogP contribution in [0.1, 0.15) is 18.4 Å². The monoisotopic (exact) mass is 344 g/mol. The number of hydrogen-bond donors (Lipinski definition) is 1. The molecule has 0 aromatic carbocycles. The molecule has 4 nitrogen and oxygen atoms in total. The first-order valence-corrected chi connectivity index (χ1v) is 6.88. The molecule has 1 N–H and O–H groups in total. The minimum atomic E-state index is -0.737. The highest BCUT2D eigenvalue weighted by molar-refractivity contribution is 14.1. The highest BCUT2D eigenvalue weighted by atomic mass is 127. The van der Waals surface area contributed by atoms with Crippen LogP contribution >= 0.6 is 22.6 Å². The fourth-order valence-electron chi connectivity index (χ4n) is 2.34. The predicted octanol–water partition coefficient (Wildman–Crippen LogP) is 1.91. The van der Waals surface area contributed by atoms with E-state index in [1.807, 2.05) is 17.0 Å². The fourth-order valence-corrected chi connectivity index (χ4v) is 2.75. The maximum atomic E-state index is 11.3. The van der Waals surface area contributed by atoms with E-state index in [9.17, 15) is 9.90 Å². The van der Waals surface area contributed by atoms with Crippen LogP contribution in [0.5, 0.6) is 0 Å². The van der Waals surface area contributed by atoms with Crippen LogP contribution in [-0.2, 0) is 11.2 Å². The van der Waals surface area contributed by atoms with Crippen LogP contribution in [0.3, 0.4) is 0 Å². The van der Waals surface area contributed by atoms with Crippen molar-refractivity contribution in [3.63, 3.8) is 0 Å². The quantitative estimate of drug-likeness (QED) is 0.672. The Labute approximate surface area is 113 Å². The molecule has 1 aromatic rings. The Hall–Kier alpha value is -0.850. The fraction of sp³-hybridized carbons (Fsp3) is 0.500. The first-order valence-electron chi connectivity index (χ1n) is 5.80. The van der Waals surface area contributed by atoms with Crippen LogP contribution in [0.15, 0.2) is 12.1 Å². The van der Waals surface area contributed by atoms with E-state index in [0.717, 1.165) is 21.6 Å². The van der Waals surface area contributed by atoms with Gasteiger partial charge in [-0.05, 0) is 53.0 Å². The van der Waals surface area contributed by atoms with Gasteiger partial charge in [0.2, 0.25) is 0 Å². The van der Waals surface area contributed by atoms with Crippen molar-refractivity contribution in [1.29, 1.82) is 0 Å². The third-order valence-corrected chi connectivity index (χ3v) is 4.02. The number of carbonyl (C=O) groups is 1. The van der Waals surface area contributed by atoms with Gasteiger partial charge < -0.3 is 10.0 Å². The number of rotatable bonds is 3. The lowest BCUT2D eigenvalue weighted by Crippen LogP contribution is -2.40. The van der Waals surface area contributed by atoms with Gasteiger partial charge in [0.05, 0.1) is 0 Å². The number of pyridine rings is 1.